The van der Waals surface area contributed by atoms with Crippen molar-refractivity contribution in [3.63, 3.8) is 0 Å². The summed E-state index contributed by atoms with van der Waals surface area (Å²) >= 11 is 0. The molecule has 0 radical (unpaired) electrons. The van der Waals surface area contributed by atoms with Crippen LogP contribution in [0.15, 0.2) is 0 Å². The molecule has 0 saturated carbocycles. The van der Waals surface area contributed by atoms with E-state index in [4.69, 9.17) is 18.9 Å². The van der Waals surface area contributed by atoms with Gasteiger partial charge < -0.3 is 47.4 Å². The zero-order valence-electron chi connectivity index (χ0n) is 39.4. The fraction of sp³-hybridized carbons (Fsp3) is 0.850. The van der Waals surface area contributed by atoms with Gasteiger partial charge in [0, 0.05) is 94.4 Å². The molecule has 0 aromatic rings. The molecular weight excluding hydrogens is 736 g/mol. The van der Waals surface area contributed by atoms with Crippen LogP contribution in [0.4, 0.5) is 0 Å². The van der Waals surface area contributed by atoms with Gasteiger partial charge in [0.2, 0.25) is 0 Å². The smallest absolute Gasteiger partial charge is 0.302 e. The van der Waals surface area contributed by atoms with Gasteiger partial charge in [-0.15, -0.1) is 0 Å². The van der Waals surface area contributed by atoms with E-state index in [-0.39, 0.29) is 35.8 Å². The largest absolute Gasteiger partial charge is 0.466 e. The number of hydrogen-bond donors (Lipinski definition) is 0. The van der Waals surface area contributed by atoms with E-state index in [9.17, 15) is 28.8 Å². The van der Waals surface area contributed by atoms with Gasteiger partial charge in [0.05, 0.1) is 39.6 Å². The Kier molecular flexibility index (Phi) is 122. The third-order valence-corrected chi connectivity index (χ3v) is 3.72. The monoisotopic (exact) mass is 825 g/mol. The number of carbonyl (C=O) groups excluding carboxylic acids is 6. The molecule has 0 rings (SSSR count). The zero-order valence-corrected chi connectivity index (χ0v) is 39.4. The van der Waals surface area contributed by atoms with Gasteiger partial charge in [0.25, 0.3) is 0 Å². The number of hydrogen-bond acceptors (Lipinski definition) is 16. The van der Waals surface area contributed by atoms with Gasteiger partial charge in [-0.2, -0.15) is 0 Å². The summed E-state index contributed by atoms with van der Waals surface area (Å²) < 4.78 is 45.8. The minimum Gasteiger partial charge on any atom is -0.466 e. The first-order chi connectivity index (χ1) is 26.3. The van der Waals surface area contributed by atoms with Crippen LogP contribution in [0.5, 0.6) is 0 Å². The van der Waals surface area contributed by atoms with Gasteiger partial charge in [-0.1, -0.05) is 0 Å². The van der Waals surface area contributed by atoms with Crippen molar-refractivity contribution in [2.75, 3.05) is 92.5 Å². The third-order valence-electron chi connectivity index (χ3n) is 3.72. The SMILES string of the molecule is CCOC(C)=O.CCOC(C)=O.CCOC(C)=O.CCOC(C)=O.CCOC(C)=O.CCOC(C)=O.CCOCC.CCOCC.CCOCC.CCOCC. The first-order valence-electron chi connectivity index (χ1n) is 19.4. The summed E-state index contributed by atoms with van der Waals surface area (Å²) in [6.45, 7) is 44.6. The van der Waals surface area contributed by atoms with Gasteiger partial charge >= 0.3 is 35.8 Å². The molecule has 344 valence electrons. The Morgan fingerprint density at radius 3 is 0.304 bits per heavy atom. The molecule has 0 saturated heterocycles. The highest BCUT2D eigenvalue weighted by Gasteiger charge is 1.84. The van der Waals surface area contributed by atoms with Gasteiger partial charge in [-0.05, 0) is 96.9 Å². The lowest BCUT2D eigenvalue weighted by atomic mass is 10.8. The van der Waals surface area contributed by atoms with Gasteiger partial charge in [0.15, 0.2) is 0 Å². The molecule has 0 aromatic carbocycles. The number of ether oxygens (including phenoxy) is 10. The maximum Gasteiger partial charge on any atom is 0.302 e. The van der Waals surface area contributed by atoms with Crippen molar-refractivity contribution in [3.05, 3.63) is 0 Å². The average molecular weight is 825 g/mol. The molecule has 0 aromatic heterocycles. The maximum atomic E-state index is 9.82. The molecule has 0 aliphatic carbocycles. The predicted molar refractivity (Wildman–Crippen MR) is 223 cm³/mol. The lowest BCUT2D eigenvalue weighted by Crippen LogP contribution is -1.95. The Labute approximate surface area is 342 Å². The number of rotatable bonds is 14. The van der Waals surface area contributed by atoms with Crippen molar-refractivity contribution in [1.82, 2.24) is 0 Å². The van der Waals surface area contributed by atoms with E-state index in [1.54, 1.807) is 41.5 Å². The van der Waals surface area contributed by atoms with Crippen LogP contribution in [-0.2, 0) is 76.1 Å². The fourth-order valence-electron chi connectivity index (χ4n) is 2.04. The third kappa shape index (κ3) is 243. The molecule has 16 nitrogen and oxygen atoms in total. The van der Waals surface area contributed by atoms with Crippen molar-refractivity contribution >= 4 is 35.8 Å². The van der Waals surface area contributed by atoms with Crippen molar-refractivity contribution in [2.24, 2.45) is 0 Å². The van der Waals surface area contributed by atoms with Crippen molar-refractivity contribution < 1.29 is 76.1 Å². The Bertz CT molecular complexity index is 577. The highest BCUT2D eigenvalue weighted by atomic mass is 16.5. The molecule has 0 unspecified atom stereocenters. The van der Waals surface area contributed by atoms with Crippen molar-refractivity contribution in [3.8, 4) is 0 Å². The summed E-state index contributed by atoms with van der Waals surface area (Å²) in [6, 6.07) is 0. The highest BCUT2D eigenvalue weighted by molar-refractivity contribution is 5.67. The Morgan fingerprint density at radius 2 is 0.304 bits per heavy atom. The van der Waals surface area contributed by atoms with E-state index in [1.807, 2.05) is 55.4 Å². The summed E-state index contributed by atoms with van der Waals surface area (Å²) in [5.41, 5.74) is 0. The Balaban J connectivity index is -0.0000000525. The normalized spacial score (nSPS) is 7.93. The molecule has 56 heavy (non-hydrogen) atoms. The summed E-state index contributed by atoms with van der Waals surface area (Å²) in [6.07, 6.45) is 0. The molecule has 0 fully saturated rings. The molecule has 0 aliphatic heterocycles. The molecule has 0 atom stereocenters. The second-order valence-corrected chi connectivity index (χ2v) is 8.67. The zero-order chi connectivity index (χ0) is 46.4. The van der Waals surface area contributed by atoms with Crippen LogP contribution in [0, 0.1) is 0 Å². The van der Waals surface area contributed by atoms with Gasteiger partial charge in [-0.25, -0.2) is 0 Å². The van der Waals surface area contributed by atoms with Gasteiger partial charge in [0.1, 0.15) is 0 Å². The molecule has 0 heterocycles. The summed E-state index contributed by atoms with van der Waals surface area (Å²) in [7, 11) is 0. The second kappa shape index (κ2) is 88.7. The minimum atomic E-state index is -0.211. The van der Waals surface area contributed by atoms with E-state index < -0.39 is 0 Å². The molecule has 0 bridgehead atoms. The topological polar surface area (TPSA) is 195 Å². The summed E-state index contributed by atoms with van der Waals surface area (Å²) in [5, 5.41) is 0. The van der Waals surface area contributed by atoms with Crippen LogP contribution in [0.2, 0.25) is 0 Å². The molecular formula is C40H88O16. The van der Waals surface area contributed by atoms with Crippen molar-refractivity contribution in [1.29, 1.82) is 0 Å². The van der Waals surface area contributed by atoms with Crippen LogP contribution in [0.1, 0.15) is 138 Å². The Morgan fingerprint density at radius 1 is 0.214 bits per heavy atom. The van der Waals surface area contributed by atoms with Crippen LogP contribution < -0.4 is 0 Å². The molecule has 0 amide bonds. The van der Waals surface area contributed by atoms with Crippen LogP contribution in [0.3, 0.4) is 0 Å². The van der Waals surface area contributed by atoms with Crippen molar-refractivity contribution in [2.45, 2.75) is 138 Å². The van der Waals surface area contributed by atoms with Crippen LogP contribution in [-0.4, -0.2) is 128 Å². The van der Waals surface area contributed by atoms with E-state index in [1.165, 1.54) is 41.5 Å². The number of esters is 6. The van der Waals surface area contributed by atoms with Crippen LogP contribution >= 0.6 is 0 Å². The maximum absolute atomic E-state index is 9.82. The number of carbonyl (C=O) groups is 6. The Hall–Kier alpha value is -3.34. The predicted octanol–water partition coefficient (Wildman–Crippen LogP) is 7.59. The van der Waals surface area contributed by atoms with E-state index in [2.05, 4.69) is 28.4 Å². The summed E-state index contributed by atoms with van der Waals surface area (Å²) in [5.74, 6) is -1.26. The van der Waals surface area contributed by atoms with Gasteiger partial charge in [-0.3, -0.25) is 28.8 Å². The fourth-order valence-corrected chi connectivity index (χ4v) is 2.04. The summed E-state index contributed by atoms with van der Waals surface area (Å²) in [4.78, 5) is 58.9. The standard InChI is InChI=1S/6C4H8O2.4C4H10O/c6*1-3-6-4(2)5;4*1-3-5-4-2/h6*3H2,1-2H3;4*3-4H2,1-2H3. The van der Waals surface area contributed by atoms with E-state index in [0.29, 0.717) is 39.6 Å². The first kappa shape index (κ1) is 77.2. The minimum absolute atomic E-state index is 0.211. The molecule has 0 spiro atoms. The lowest BCUT2D eigenvalue weighted by molar-refractivity contribution is -0.141. The molecule has 0 aliphatic rings. The van der Waals surface area contributed by atoms with E-state index in [0.717, 1.165) is 52.9 Å². The highest BCUT2D eigenvalue weighted by Crippen LogP contribution is 1.73. The first-order valence-corrected chi connectivity index (χ1v) is 19.4. The molecule has 0 N–H and O–H groups in total. The second-order valence-electron chi connectivity index (χ2n) is 8.67. The lowest BCUT2D eigenvalue weighted by Gasteiger charge is -1.89. The quantitative estimate of drug-likeness (QED) is 0.123. The van der Waals surface area contributed by atoms with E-state index >= 15 is 0 Å². The average Bonchev–Trinajstić information content (AvgIpc) is 3.08. The molecule has 16 heteroatoms. The van der Waals surface area contributed by atoms with Crippen LogP contribution in [0.25, 0.3) is 0 Å².